The van der Waals surface area contributed by atoms with Crippen molar-refractivity contribution in [3.05, 3.63) is 29.8 Å². The summed E-state index contributed by atoms with van der Waals surface area (Å²) in [4.78, 5) is 26.2. The number of anilines is 1. The molecule has 1 fully saturated rings. The van der Waals surface area contributed by atoms with Crippen LogP contribution in [-0.4, -0.2) is 24.9 Å². The molecule has 2 atom stereocenters. The second kappa shape index (κ2) is 6.51. The van der Waals surface area contributed by atoms with Crippen LogP contribution in [0.5, 0.6) is 0 Å². The minimum absolute atomic E-state index is 0.108. The van der Waals surface area contributed by atoms with Gasteiger partial charge in [0.25, 0.3) is 0 Å². The fourth-order valence-electron chi connectivity index (χ4n) is 3.20. The van der Waals surface area contributed by atoms with Crippen molar-refractivity contribution in [3.63, 3.8) is 0 Å². The molecule has 1 aromatic rings. The van der Waals surface area contributed by atoms with Crippen LogP contribution in [0, 0.1) is 11.8 Å². The zero-order chi connectivity index (χ0) is 15.5. The van der Waals surface area contributed by atoms with E-state index >= 15 is 0 Å². The van der Waals surface area contributed by atoms with E-state index in [1.54, 1.807) is 0 Å². The number of nitrogens with zero attached hydrogens (tertiary/aromatic N) is 1. The second-order valence-electron chi connectivity index (χ2n) is 6.49. The third-order valence-corrected chi connectivity index (χ3v) is 4.75. The van der Waals surface area contributed by atoms with Gasteiger partial charge in [-0.1, -0.05) is 25.1 Å². The van der Waals surface area contributed by atoms with Crippen molar-refractivity contribution in [1.82, 2.24) is 5.32 Å². The molecule has 1 saturated carbocycles. The summed E-state index contributed by atoms with van der Waals surface area (Å²) < 4.78 is 0. The first kappa shape index (κ1) is 15.1. The largest absolute Gasteiger partial charge is 0.355 e. The summed E-state index contributed by atoms with van der Waals surface area (Å²) in [7, 11) is 0. The van der Waals surface area contributed by atoms with Crippen molar-refractivity contribution < 1.29 is 9.59 Å². The lowest BCUT2D eigenvalue weighted by Gasteiger charge is -2.23. The molecular weight excluding hydrogens is 276 g/mol. The standard InChI is InChI=1S/C18H24N2O2/c1-13-12-15(13)18(22)19-10-9-17(21)20-11-5-4-7-14-6-2-3-8-16(14)20/h2-3,6,8,13,15H,4-5,7,9-12H2,1H3,(H,19,22)/t13-,15-/m1/s1. The molecule has 0 spiro atoms. The number of hydrogen-bond donors (Lipinski definition) is 1. The maximum absolute atomic E-state index is 12.5. The molecule has 3 rings (SSSR count). The SMILES string of the molecule is C[C@@H]1C[C@H]1C(=O)NCCC(=O)N1CCCCc2ccccc21. The minimum Gasteiger partial charge on any atom is -0.355 e. The zero-order valence-corrected chi connectivity index (χ0v) is 13.2. The number of fused-ring (bicyclic) bond motifs is 1. The Balaban J connectivity index is 1.56. The number of rotatable bonds is 4. The van der Waals surface area contributed by atoms with E-state index in [2.05, 4.69) is 18.3 Å². The van der Waals surface area contributed by atoms with Crippen LogP contribution in [0.1, 0.15) is 38.2 Å². The number of hydrogen-bond acceptors (Lipinski definition) is 2. The summed E-state index contributed by atoms with van der Waals surface area (Å²) in [5.41, 5.74) is 2.30. The van der Waals surface area contributed by atoms with Crippen LogP contribution in [0.4, 0.5) is 5.69 Å². The topological polar surface area (TPSA) is 49.4 Å². The highest BCUT2D eigenvalue weighted by atomic mass is 16.2. The molecule has 1 aromatic carbocycles. The molecule has 1 aliphatic carbocycles. The number of benzene rings is 1. The normalized spacial score (nSPS) is 23.4. The maximum Gasteiger partial charge on any atom is 0.228 e. The molecule has 2 amide bonds. The van der Waals surface area contributed by atoms with Gasteiger partial charge >= 0.3 is 0 Å². The number of nitrogens with one attached hydrogen (secondary N) is 1. The summed E-state index contributed by atoms with van der Waals surface area (Å²) >= 11 is 0. The van der Waals surface area contributed by atoms with Crippen LogP contribution in [0.25, 0.3) is 0 Å². The van der Waals surface area contributed by atoms with Crippen LogP contribution in [-0.2, 0) is 16.0 Å². The molecule has 0 radical (unpaired) electrons. The Morgan fingerprint density at radius 2 is 2.05 bits per heavy atom. The smallest absolute Gasteiger partial charge is 0.228 e. The van der Waals surface area contributed by atoms with E-state index < -0.39 is 0 Å². The van der Waals surface area contributed by atoms with Crippen molar-refractivity contribution in [2.75, 3.05) is 18.0 Å². The van der Waals surface area contributed by atoms with Gasteiger partial charge in [-0.2, -0.15) is 0 Å². The lowest BCUT2D eigenvalue weighted by Crippen LogP contribution is -2.35. The first-order chi connectivity index (χ1) is 10.7. The Morgan fingerprint density at radius 3 is 2.82 bits per heavy atom. The molecule has 22 heavy (non-hydrogen) atoms. The van der Waals surface area contributed by atoms with Gasteiger partial charge in [0.1, 0.15) is 0 Å². The molecule has 0 aromatic heterocycles. The average molecular weight is 300 g/mol. The van der Waals surface area contributed by atoms with Gasteiger partial charge < -0.3 is 10.2 Å². The average Bonchev–Trinajstić information content (AvgIpc) is 3.28. The Hall–Kier alpha value is -1.84. The van der Waals surface area contributed by atoms with Crippen molar-refractivity contribution in [2.45, 2.75) is 39.0 Å². The summed E-state index contributed by atoms with van der Waals surface area (Å²) in [5.74, 6) is 0.900. The lowest BCUT2D eigenvalue weighted by molar-refractivity contribution is -0.122. The molecule has 118 valence electrons. The van der Waals surface area contributed by atoms with E-state index in [9.17, 15) is 9.59 Å². The summed E-state index contributed by atoms with van der Waals surface area (Å²) in [6, 6.07) is 8.16. The van der Waals surface area contributed by atoms with Gasteiger partial charge in [-0.3, -0.25) is 9.59 Å². The van der Waals surface area contributed by atoms with Gasteiger partial charge in [0, 0.05) is 31.1 Å². The predicted molar refractivity (Wildman–Crippen MR) is 86.6 cm³/mol. The van der Waals surface area contributed by atoms with Gasteiger partial charge in [-0.15, -0.1) is 0 Å². The van der Waals surface area contributed by atoms with Crippen LogP contribution in [0.3, 0.4) is 0 Å². The predicted octanol–water partition coefficient (Wildman–Crippen LogP) is 2.52. The molecule has 2 aliphatic rings. The first-order valence-electron chi connectivity index (χ1n) is 8.33. The Morgan fingerprint density at radius 1 is 1.27 bits per heavy atom. The Kier molecular flexibility index (Phi) is 4.46. The number of aryl methyl sites for hydroxylation is 1. The summed E-state index contributed by atoms with van der Waals surface area (Å²) in [5, 5.41) is 2.90. The fraction of sp³-hybridized carbons (Fsp3) is 0.556. The highest BCUT2D eigenvalue weighted by molar-refractivity contribution is 5.94. The Bertz CT molecular complexity index is 570. The van der Waals surface area contributed by atoms with Crippen LogP contribution in [0.15, 0.2) is 24.3 Å². The van der Waals surface area contributed by atoms with Crippen molar-refractivity contribution in [2.24, 2.45) is 11.8 Å². The van der Waals surface area contributed by atoms with E-state index in [0.717, 1.165) is 37.9 Å². The first-order valence-corrected chi connectivity index (χ1v) is 8.33. The van der Waals surface area contributed by atoms with Crippen LogP contribution >= 0.6 is 0 Å². The molecule has 4 nitrogen and oxygen atoms in total. The Labute approximate surface area is 131 Å². The van der Waals surface area contributed by atoms with Crippen LogP contribution < -0.4 is 10.2 Å². The third-order valence-electron chi connectivity index (χ3n) is 4.75. The van der Waals surface area contributed by atoms with E-state index in [1.165, 1.54) is 5.56 Å². The number of carbonyl (C=O) groups is 2. The van der Waals surface area contributed by atoms with E-state index in [-0.39, 0.29) is 17.7 Å². The van der Waals surface area contributed by atoms with E-state index in [0.29, 0.717) is 18.9 Å². The molecular formula is C18H24N2O2. The van der Waals surface area contributed by atoms with Gasteiger partial charge in [0.2, 0.25) is 11.8 Å². The molecule has 0 unspecified atom stereocenters. The van der Waals surface area contributed by atoms with Crippen molar-refractivity contribution >= 4 is 17.5 Å². The van der Waals surface area contributed by atoms with Crippen molar-refractivity contribution in [1.29, 1.82) is 0 Å². The number of amides is 2. The molecule has 4 heteroatoms. The lowest BCUT2D eigenvalue weighted by atomic mass is 10.1. The minimum atomic E-state index is 0.108. The maximum atomic E-state index is 12.5. The third kappa shape index (κ3) is 3.32. The molecule has 1 N–H and O–H groups in total. The summed E-state index contributed by atoms with van der Waals surface area (Å²) in [6.07, 6.45) is 4.56. The highest BCUT2D eigenvalue weighted by Crippen LogP contribution is 2.37. The monoisotopic (exact) mass is 300 g/mol. The molecule has 0 bridgehead atoms. The number of carbonyl (C=O) groups excluding carboxylic acids is 2. The van der Waals surface area contributed by atoms with Gasteiger partial charge in [0.15, 0.2) is 0 Å². The van der Waals surface area contributed by atoms with Crippen molar-refractivity contribution in [3.8, 4) is 0 Å². The zero-order valence-electron chi connectivity index (χ0n) is 13.2. The molecule has 0 saturated heterocycles. The quantitative estimate of drug-likeness (QED) is 0.929. The van der Waals surface area contributed by atoms with Gasteiger partial charge in [-0.05, 0) is 43.2 Å². The van der Waals surface area contributed by atoms with E-state index in [1.807, 2.05) is 23.1 Å². The molecule has 1 heterocycles. The molecule has 1 aliphatic heterocycles. The summed E-state index contributed by atoms with van der Waals surface area (Å²) in [6.45, 7) is 3.31. The van der Waals surface area contributed by atoms with Gasteiger partial charge in [0.05, 0.1) is 0 Å². The second-order valence-corrected chi connectivity index (χ2v) is 6.49. The highest BCUT2D eigenvalue weighted by Gasteiger charge is 2.38. The van der Waals surface area contributed by atoms with E-state index in [4.69, 9.17) is 0 Å². The van der Waals surface area contributed by atoms with Gasteiger partial charge in [-0.25, -0.2) is 0 Å². The number of para-hydroxylation sites is 1. The van der Waals surface area contributed by atoms with Crippen LogP contribution in [0.2, 0.25) is 0 Å². The fourth-order valence-corrected chi connectivity index (χ4v) is 3.20.